The van der Waals surface area contributed by atoms with Gasteiger partial charge in [0.05, 0.1) is 11.7 Å². The van der Waals surface area contributed by atoms with Gasteiger partial charge in [0.15, 0.2) is 0 Å². The lowest BCUT2D eigenvalue weighted by atomic mass is 10.0. The van der Waals surface area contributed by atoms with Crippen molar-refractivity contribution in [1.82, 2.24) is 10.2 Å². The smallest absolute Gasteiger partial charge is 0.254 e. The highest BCUT2D eigenvalue weighted by molar-refractivity contribution is 5.95. The predicted octanol–water partition coefficient (Wildman–Crippen LogP) is 4.18. The first kappa shape index (κ1) is 20.4. The number of hydrogen-bond donors (Lipinski definition) is 1. The van der Waals surface area contributed by atoms with Crippen LogP contribution in [0, 0.1) is 5.82 Å². The number of nitrogens with one attached hydrogen (secondary N) is 1. The van der Waals surface area contributed by atoms with E-state index in [0.717, 1.165) is 18.6 Å². The molecule has 0 aromatic heterocycles. The summed E-state index contributed by atoms with van der Waals surface area (Å²) in [6.07, 6.45) is 6.09. The third-order valence-corrected chi connectivity index (χ3v) is 5.92. The fourth-order valence-electron chi connectivity index (χ4n) is 4.22. The highest BCUT2D eigenvalue weighted by atomic mass is 19.1. The highest BCUT2D eigenvalue weighted by Gasteiger charge is 2.26. The maximum Gasteiger partial charge on any atom is 0.254 e. The van der Waals surface area contributed by atoms with Gasteiger partial charge < -0.3 is 15.0 Å². The Hall–Kier alpha value is -2.89. The van der Waals surface area contributed by atoms with Crippen LogP contribution in [0.2, 0.25) is 0 Å². The van der Waals surface area contributed by atoms with E-state index in [2.05, 4.69) is 5.32 Å². The molecule has 4 rings (SSSR count). The van der Waals surface area contributed by atoms with Crippen LogP contribution in [-0.4, -0.2) is 41.9 Å². The summed E-state index contributed by atoms with van der Waals surface area (Å²) in [5, 5.41) is 2.89. The van der Waals surface area contributed by atoms with E-state index in [1.54, 1.807) is 17.0 Å². The number of piperidine rings is 1. The number of likely N-dealkylation sites (tertiary alicyclic amines) is 1. The van der Waals surface area contributed by atoms with Crippen molar-refractivity contribution in [1.29, 1.82) is 0 Å². The third kappa shape index (κ3) is 4.81. The lowest BCUT2D eigenvalue weighted by molar-refractivity contribution is 0.0697. The fourth-order valence-corrected chi connectivity index (χ4v) is 4.22. The molecule has 2 aromatic rings. The molecule has 0 radical (unpaired) electrons. The van der Waals surface area contributed by atoms with Gasteiger partial charge in [0.2, 0.25) is 0 Å². The molecule has 1 aliphatic carbocycles. The van der Waals surface area contributed by atoms with Gasteiger partial charge in [-0.1, -0.05) is 18.2 Å². The van der Waals surface area contributed by atoms with Crippen molar-refractivity contribution in [2.24, 2.45) is 0 Å². The zero-order valence-electron chi connectivity index (χ0n) is 17.0. The molecular formula is C24H27FN2O3. The number of hydrogen-bond acceptors (Lipinski definition) is 3. The molecule has 6 heteroatoms. The average Bonchev–Trinajstić information content (AvgIpc) is 3.27. The molecule has 0 unspecified atom stereocenters. The van der Waals surface area contributed by atoms with Crippen LogP contribution in [0.4, 0.5) is 4.39 Å². The maximum atomic E-state index is 13.8. The molecule has 0 spiro atoms. The Kier molecular flexibility index (Phi) is 6.31. The van der Waals surface area contributed by atoms with Crippen molar-refractivity contribution >= 4 is 11.8 Å². The predicted molar refractivity (Wildman–Crippen MR) is 112 cm³/mol. The van der Waals surface area contributed by atoms with E-state index in [9.17, 15) is 14.0 Å². The second-order valence-electron chi connectivity index (χ2n) is 8.07. The zero-order valence-corrected chi connectivity index (χ0v) is 17.0. The maximum absolute atomic E-state index is 13.8. The first-order chi connectivity index (χ1) is 14.6. The minimum absolute atomic E-state index is 0.0225. The molecule has 2 amide bonds. The van der Waals surface area contributed by atoms with Crippen molar-refractivity contribution in [2.45, 2.75) is 50.7 Å². The van der Waals surface area contributed by atoms with Crippen LogP contribution < -0.4 is 10.1 Å². The number of carbonyl (C=O) groups excluding carboxylic acids is 2. The molecule has 1 saturated carbocycles. The first-order valence-corrected chi connectivity index (χ1v) is 10.7. The lowest BCUT2D eigenvalue weighted by Crippen LogP contribution is -2.46. The molecule has 1 aliphatic heterocycles. The summed E-state index contributed by atoms with van der Waals surface area (Å²) in [5.41, 5.74) is 0.675. The number of halogens is 1. The van der Waals surface area contributed by atoms with E-state index in [-0.39, 0.29) is 23.6 Å². The molecule has 1 saturated heterocycles. The molecule has 2 aromatic carbocycles. The molecular weight excluding hydrogens is 383 g/mol. The second kappa shape index (κ2) is 9.28. The molecule has 2 aliphatic rings. The van der Waals surface area contributed by atoms with Crippen LogP contribution in [0.5, 0.6) is 5.75 Å². The summed E-state index contributed by atoms with van der Waals surface area (Å²) in [4.78, 5) is 27.0. The standard InChI is InChI=1S/C24H27FN2O3/c25-22-11-4-3-10-21(22)23(28)26-18-12-14-27(15-13-18)24(29)17-6-5-9-20(16-17)30-19-7-1-2-8-19/h3-6,9-11,16,18-19H,1-2,7-8,12-15H2,(H,26,28). The Morgan fingerprint density at radius 1 is 0.967 bits per heavy atom. The molecule has 1 N–H and O–H groups in total. The summed E-state index contributed by atoms with van der Waals surface area (Å²) in [5.74, 6) is -0.206. The molecule has 5 nitrogen and oxygen atoms in total. The van der Waals surface area contributed by atoms with Crippen LogP contribution in [0.15, 0.2) is 48.5 Å². The number of nitrogens with zero attached hydrogens (tertiary/aromatic N) is 1. The Balaban J connectivity index is 1.31. The third-order valence-electron chi connectivity index (χ3n) is 5.92. The van der Waals surface area contributed by atoms with E-state index in [4.69, 9.17) is 4.74 Å². The van der Waals surface area contributed by atoms with Crippen LogP contribution in [-0.2, 0) is 0 Å². The zero-order chi connectivity index (χ0) is 20.9. The molecule has 30 heavy (non-hydrogen) atoms. The summed E-state index contributed by atoms with van der Waals surface area (Å²) in [7, 11) is 0. The Labute approximate surface area is 176 Å². The number of carbonyl (C=O) groups is 2. The van der Waals surface area contributed by atoms with Crippen molar-refractivity contribution in [2.75, 3.05) is 13.1 Å². The monoisotopic (exact) mass is 410 g/mol. The van der Waals surface area contributed by atoms with Gasteiger partial charge in [-0.3, -0.25) is 9.59 Å². The molecule has 2 fully saturated rings. The van der Waals surface area contributed by atoms with Gasteiger partial charge in [0, 0.05) is 24.7 Å². The van der Waals surface area contributed by atoms with Crippen molar-refractivity contribution in [3.63, 3.8) is 0 Å². The van der Waals surface area contributed by atoms with Crippen LogP contribution in [0.1, 0.15) is 59.2 Å². The molecule has 1 heterocycles. The minimum Gasteiger partial charge on any atom is -0.490 e. The largest absolute Gasteiger partial charge is 0.490 e. The number of ether oxygens (including phenoxy) is 1. The van der Waals surface area contributed by atoms with E-state index < -0.39 is 11.7 Å². The normalized spacial score (nSPS) is 17.7. The summed E-state index contributed by atoms with van der Waals surface area (Å²) in [6.45, 7) is 1.10. The van der Waals surface area contributed by atoms with Gasteiger partial charge in [-0.05, 0) is 68.9 Å². The van der Waals surface area contributed by atoms with Crippen molar-refractivity contribution in [3.8, 4) is 5.75 Å². The number of rotatable bonds is 5. The number of benzene rings is 2. The summed E-state index contributed by atoms with van der Waals surface area (Å²) in [6, 6.07) is 13.3. The van der Waals surface area contributed by atoms with E-state index in [1.807, 2.05) is 24.3 Å². The van der Waals surface area contributed by atoms with Crippen molar-refractivity contribution < 1.29 is 18.7 Å². The van der Waals surface area contributed by atoms with Crippen LogP contribution in [0.25, 0.3) is 0 Å². The SMILES string of the molecule is O=C(NC1CCN(C(=O)c2cccc(OC3CCCC3)c2)CC1)c1ccccc1F. The van der Waals surface area contributed by atoms with Gasteiger partial charge in [0.1, 0.15) is 11.6 Å². The molecule has 0 bridgehead atoms. The van der Waals surface area contributed by atoms with Gasteiger partial charge in [-0.25, -0.2) is 4.39 Å². The van der Waals surface area contributed by atoms with E-state index in [1.165, 1.54) is 25.0 Å². The summed E-state index contributed by atoms with van der Waals surface area (Å²) < 4.78 is 19.8. The summed E-state index contributed by atoms with van der Waals surface area (Å²) >= 11 is 0. The van der Waals surface area contributed by atoms with Gasteiger partial charge in [-0.2, -0.15) is 0 Å². The van der Waals surface area contributed by atoms with Gasteiger partial charge in [-0.15, -0.1) is 0 Å². The minimum atomic E-state index is -0.526. The Morgan fingerprint density at radius 3 is 2.43 bits per heavy atom. The van der Waals surface area contributed by atoms with Crippen LogP contribution in [0.3, 0.4) is 0 Å². The van der Waals surface area contributed by atoms with Gasteiger partial charge in [0.25, 0.3) is 11.8 Å². The number of amides is 2. The van der Waals surface area contributed by atoms with E-state index in [0.29, 0.717) is 31.5 Å². The quantitative estimate of drug-likeness (QED) is 0.804. The Morgan fingerprint density at radius 2 is 1.70 bits per heavy atom. The molecule has 0 atom stereocenters. The highest BCUT2D eigenvalue weighted by Crippen LogP contribution is 2.25. The van der Waals surface area contributed by atoms with Crippen molar-refractivity contribution in [3.05, 3.63) is 65.5 Å². The first-order valence-electron chi connectivity index (χ1n) is 10.7. The lowest BCUT2D eigenvalue weighted by Gasteiger charge is -2.32. The Bertz CT molecular complexity index is 903. The average molecular weight is 410 g/mol. The fraction of sp³-hybridized carbons (Fsp3) is 0.417. The second-order valence-corrected chi connectivity index (χ2v) is 8.07. The van der Waals surface area contributed by atoms with Crippen LogP contribution >= 0.6 is 0 Å². The van der Waals surface area contributed by atoms with E-state index >= 15 is 0 Å². The molecule has 158 valence electrons. The van der Waals surface area contributed by atoms with Gasteiger partial charge >= 0.3 is 0 Å². The topological polar surface area (TPSA) is 58.6 Å².